The van der Waals surface area contributed by atoms with Gasteiger partial charge in [0.1, 0.15) is 112 Å². The van der Waals surface area contributed by atoms with Crippen LogP contribution in [0.2, 0.25) is 0 Å². The Morgan fingerprint density at radius 1 is 0.248 bits per heavy atom. The minimum Gasteiger partial charge on any atom is -0.462 e. The smallest absolute Gasteiger partial charge is 0.328 e. The van der Waals surface area contributed by atoms with Gasteiger partial charge >= 0.3 is 35.8 Å². The second-order valence-electron chi connectivity index (χ2n) is 26.1. The summed E-state index contributed by atoms with van der Waals surface area (Å²) in [6.07, 6.45) is 7.73. The molecular formula is C77H136N12O24. The molecular weight excluding hydrogens is 1480 g/mol. The van der Waals surface area contributed by atoms with E-state index in [0.717, 1.165) is 51.4 Å². The standard InChI is InChI=1S/2C38H66N6O12.CH4/c1-12-14-15-17-53-20-23-56-38(50)31(10)43-34(46)27(6)40-25(4)32(41-28(7)35(47)44-29(8)36(48)54-21-18-51-11)24(3)39-26(5)33(45)42-30(9)37(49)55-22-19-52-16-13-2;1-12-14-15-17-53-20-23-56-38(50)31(10)44-35(47)28(7)41-32(24(3)39-26(5)33(45)42-29(8)36(48)54-21-18-51-11)25(4)40-27(6)34(46)43-30(9)37(49)55-22-19-52-16-13-2;/h2*26-31H,12-23H2,1-11H3,(H,42,45)(H,43,46)(H,44,47);1H4. The molecule has 0 saturated heterocycles. The van der Waals surface area contributed by atoms with Crippen molar-refractivity contribution in [3.05, 3.63) is 0 Å². The number of rotatable bonds is 58. The molecule has 0 heterocycles. The number of aliphatic imine (C=N–C) groups is 6. The fourth-order valence-corrected chi connectivity index (χ4v) is 9.01. The third-order valence-corrected chi connectivity index (χ3v) is 15.5. The number of nitrogens with zero attached hydrogens (tertiary/aromatic N) is 6. The van der Waals surface area contributed by atoms with Gasteiger partial charge < -0.3 is 88.7 Å². The lowest BCUT2D eigenvalue weighted by Crippen LogP contribution is -2.45. The van der Waals surface area contributed by atoms with Crippen molar-refractivity contribution in [3.63, 3.8) is 0 Å². The summed E-state index contributed by atoms with van der Waals surface area (Å²) in [5.41, 5.74) is 0.925. The maximum absolute atomic E-state index is 13.2. The Hall–Kier alpha value is -8.58. The van der Waals surface area contributed by atoms with Crippen LogP contribution in [0.4, 0.5) is 0 Å². The number of ether oxygens (including phenoxy) is 12. The number of amides is 6. The number of unbranched alkanes of at least 4 members (excludes halogenated alkanes) is 4. The molecule has 0 bridgehead atoms. The van der Waals surface area contributed by atoms with E-state index in [0.29, 0.717) is 26.4 Å². The summed E-state index contributed by atoms with van der Waals surface area (Å²) in [7, 11) is 2.92. The SMILES string of the molecule is C.CCCCCOCCOC(=O)C(C)NC(=O)C(C)N=C(C(C)=NC(C)C(=O)NC(C)C(=O)OCCOC)C(C)=NC(C)C(=O)NC(C)C(=O)OCCOCCC.CCCCCOCCOC(=O)C(C)NC(=O)C(C)N=C(C)C(=NC(C)C(=O)NC(C)C(=O)OCCOC)C(C)=NC(C)C(=O)NC(C)C(=O)OCCOCCC. The fraction of sp³-hybridized carbons (Fsp3) is 0.766. The Kier molecular flexibility index (Phi) is 62.2. The van der Waals surface area contributed by atoms with Crippen molar-refractivity contribution in [3.8, 4) is 0 Å². The zero-order chi connectivity index (χ0) is 85.3. The maximum Gasteiger partial charge on any atom is 0.328 e. The normalized spacial score (nSPS) is 15.2. The van der Waals surface area contributed by atoms with Gasteiger partial charge in [-0.05, 0) is 136 Å². The summed E-state index contributed by atoms with van der Waals surface area (Å²) in [5, 5.41) is 15.4. The molecule has 0 rings (SSSR count). The first kappa shape index (κ1) is 109. The fourth-order valence-electron chi connectivity index (χ4n) is 9.01. The minimum absolute atomic E-state index is 0. The molecule has 36 heteroatoms. The first-order valence-electron chi connectivity index (χ1n) is 38.5. The monoisotopic (exact) mass is 1610 g/mol. The van der Waals surface area contributed by atoms with Gasteiger partial charge in [0, 0.05) is 40.6 Å². The molecule has 0 aromatic rings. The van der Waals surface area contributed by atoms with Crippen LogP contribution in [0.25, 0.3) is 0 Å². The summed E-state index contributed by atoms with van der Waals surface area (Å²) in [5.74, 6) is -7.50. The summed E-state index contributed by atoms with van der Waals surface area (Å²) < 4.78 is 62.1. The molecule has 36 nitrogen and oxygen atoms in total. The van der Waals surface area contributed by atoms with E-state index >= 15 is 0 Å². The van der Waals surface area contributed by atoms with E-state index < -0.39 is 144 Å². The summed E-state index contributed by atoms with van der Waals surface area (Å²) in [4.78, 5) is 180. The lowest BCUT2D eigenvalue weighted by molar-refractivity contribution is -0.149. The van der Waals surface area contributed by atoms with Crippen LogP contribution in [0, 0.1) is 0 Å². The summed E-state index contributed by atoms with van der Waals surface area (Å²) in [6.45, 7) is 35.9. The highest BCUT2D eigenvalue weighted by Gasteiger charge is 2.29. The van der Waals surface area contributed by atoms with Crippen molar-refractivity contribution in [2.75, 3.05) is 120 Å². The van der Waals surface area contributed by atoms with Crippen molar-refractivity contribution in [2.24, 2.45) is 30.0 Å². The molecule has 6 N–H and O–H groups in total. The first-order valence-corrected chi connectivity index (χ1v) is 38.5. The van der Waals surface area contributed by atoms with Gasteiger partial charge in [-0.1, -0.05) is 60.8 Å². The Morgan fingerprint density at radius 2 is 0.434 bits per heavy atom. The molecule has 0 fully saturated rings. The zero-order valence-corrected chi connectivity index (χ0v) is 70.4. The lowest BCUT2D eigenvalue weighted by Gasteiger charge is -2.18. The quantitative estimate of drug-likeness (QED) is 0.0211. The summed E-state index contributed by atoms with van der Waals surface area (Å²) in [6, 6.07) is -12.2. The van der Waals surface area contributed by atoms with Gasteiger partial charge in [0.2, 0.25) is 35.4 Å². The van der Waals surface area contributed by atoms with Gasteiger partial charge in [-0.25, -0.2) is 28.8 Å². The van der Waals surface area contributed by atoms with Crippen LogP contribution in [0.15, 0.2) is 30.0 Å². The largest absolute Gasteiger partial charge is 0.462 e. The number of hydrogen-bond acceptors (Lipinski definition) is 30. The molecule has 12 unspecified atom stereocenters. The predicted molar refractivity (Wildman–Crippen MR) is 429 cm³/mol. The Morgan fingerprint density at radius 3 is 0.619 bits per heavy atom. The first-order chi connectivity index (χ1) is 53.0. The molecule has 648 valence electrons. The molecule has 0 aromatic heterocycles. The van der Waals surface area contributed by atoms with Crippen LogP contribution in [0.1, 0.15) is 197 Å². The molecule has 0 aliphatic carbocycles. The van der Waals surface area contributed by atoms with E-state index in [1.807, 2.05) is 13.8 Å². The molecule has 6 amide bonds. The number of hydrogen-bond donors (Lipinski definition) is 6. The van der Waals surface area contributed by atoms with Gasteiger partial charge in [0.25, 0.3) is 0 Å². The molecule has 0 radical (unpaired) electrons. The van der Waals surface area contributed by atoms with E-state index in [1.165, 1.54) is 97.3 Å². The average Bonchev–Trinajstić information content (AvgIpc) is 0.865. The van der Waals surface area contributed by atoms with E-state index in [1.54, 1.807) is 27.7 Å². The topological polar surface area (TPSA) is 462 Å². The third-order valence-electron chi connectivity index (χ3n) is 15.5. The third kappa shape index (κ3) is 50.3. The molecule has 0 aliphatic rings. The lowest BCUT2D eigenvalue weighted by atomic mass is 10.1. The van der Waals surface area contributed by atoms with Crippen molar-refractivity contribution in [1.82, 2.24) is 31.9 Å². The maximum atomic E-state index is 13.2. The predicted octanol–water partition coefficient (Wildman–Crippen LogP) is 4.51. The number of nitrogens with one attached hydrogen (secondary N) is 6. The number of methoxy groups -OCH3 is 2. The van der Waals surface area contributed by atoms with Gasteiger partial charge in [0.15, 0.2) is 0 Å². The van der Waals surface area contributed by atoms with Crippen LogP contribution in [0.5, 0.6) is 0 Å². The van der Waals surface area contributed by atoms with Crippen LogP contribution >= 0.6 is 0 Å². The van der Waals surface area contributed by atoms with E-state index in [-0.39, 0.29) is 121 Å². The molecule has 0 aliphatic heterocycles. The second kappa shape index (κ2) is 64.8. The molecule has 0 aromatic carbocycles. The highest BCUT2D eigenvalue weighted by Crippen LogP contribution is 2.09. The average molecular weight is 1610 g/mol. The van der Waals surface area contributed by atoms with Crippen LogP contribution in [0.3, 0.4) is 0 Å². The van der Waals surface area contributed by atoms with Crippen molar-refractivity contribution in [2.45, 2.75) is 270 Å². The van der Waals surface area contributed by atoms with Gasteiger partial charge in [-0.3, -0.25) is 58.7 Å². The van der Waals surface area contributed by atoms with Crippen LogP contribution in [-0.4, -0.2) is 298 Å². The van der Waals surface area contributed by atoms with E-state index in [2.05, 4.69) is 75.7 Å². The van der Waals surface area contributed by atoms with Crippen LogP contribution in [-0.2, 0) is 114 Å². The second-order valence-corrected chi connectivity index (χ2v) is 26.1. The number of carbonyl (C=O) groups excluding carboxylic acids is 12. The minimum atomic E-state index is -1.09. The summed E-state index contributed by atoms with van der Waals surface area (Å²) >= 11 is 0. The van der Waals surface area contributed by atoms with Crippen molar-refractivity contribution < 1.29 is 114 Å². The van der Waals surface area contributed by atoms with Gasteiger partial charge in [0.05, 0.1) is 73.9 Å². The highest BCUT2D eigenvalue weighted by atomic mass is 16.6. The number of carbonyl (C=O) groups is 12. The van der Waals surface area contributed by atoms with Gasteiger partial charge in [-0.15, -0.1) is 0 Å². The van der Waals surface area contributed by atoms with Gasteiger partial charge in [-0.2, -0.15) is 0 Å². The Balaban J connectivity index is -0.00000212. The van der Waals surface area contributed by atoms with E-state index in [4.69, 9.17) is 56.8 Å². The zero-order valence-electron chi connectivity index (χ0n) is 70.4. The van der Waals surface area contributed by atoms with Crippen molar-refractivity contribution in [1.29, 1.82) is 0 Å². The number of esters is 6. The van der Waals surface area contributed by atoms with Crippen LogP contribution < -0.4 is 31.9 Å². The molecule has 113 heavy (non-hydrogen) atoms. The van der Waals surface area contributed by atoms with E-state index in [9.17, 15) is 57.5 Å². The van der Waals surface area contributed by atoms with Crippen molar-refractivity contribution >= 4 is 106 Å². The molecule has 0 spiro atoms. The Bertz CT molecular complexity index is 3070. The molecule has 0 saturated carbocycles. The highest BCUT2D eigenvalue weighted by molar-refractivity contribution is 6.68. The molecule has 12 atom stereocenters. The Labute approximate surface area is 668 Å².